The van der Waals surface area contributed by atoms with Crippen LogP contribution in [0.15, 0.2) is 76.6 Å². The van der Waals surface area contributed by atoms with E-state index in [1.54, 1.807) is 30.3 Å². The van der Waals surface area contributed by atoms with Gasteiger partial charge < -0.3 is 9.72 Å². The van der Waals surface area contributed by atoms with Crippen LogP contribution in [0.2, 0.25) is 5.02 Å². The van der Waals surface area contributed by atoms with Gasteiger partial charge in [0.2, 0.25) is 5.88 Å². The molecule has 4 aromatic rings. The molecule has 0 fully saturated rings. The van der Waals surface area contributed by atoms with Crippen LogP contribution in [0.25, 0.3) is 11.3 Å². The molecule has 10 heteroatoms. The zero-order valence-electron chi connectivity index (χ0n) is 19.6. The minimum atomic E-state index is -4.47. The number of H-pyrrole nitrogens is 1. The smallest absolute Gasteiger partial charge is 0.270 e. The van der Waals surface area contributed by atoms with Crippen molar-refractivity contribution in [2.45, 2.75) is 25.7 Å². The first-order valence-electron chi connectivity index (χ1n) is 10.8. The number of amides is 1. The number of benzene rings is 2. The maximum Gasteiger partial charge on any atom is 0.270 e. The van der Waals surface area contributed by atoms with Crippen molar-refractivity contribution < 1.29 is 17.9 Å². The number of carbonyl (C=O) groups is 1. The summed E-state index contributed by atoms with van der Waals surface area (Å²) in [6, 6.07) is 16.3. The molecule has 0 saturated carbocycles. The van der Waals surface area contributed by atoms with E-state index in [1.165, 1.54) is 18.3 Å². The average molecular weight is 524 g/mol. The summed E-state index contributed by atoms with van der Waals surface area (Å²) >= 11 is 6.34. The number of aryl methyl sites for hydroxylation is 3. The van der Waals surface area contributed by atoms with E-state index < -0.39 is 26.4 Å². The third-order valence-electron chi connectivity index (χ3n) is 5.36. The molecule has 0 aliphatic rings. The number of nitrogens with zero attached hydrogens (tertiary/aromatic N) is 1. The van der Waals surface area contributed by atoms with Gasteiger partial charge in [0, 0.05) is 16.8 Å². The normalized spacial score (nSPS) is 11.2. The molecule has 0 atom stereocenters. The van der Waals surface area contributed by atoms with Crippen molar-refractivity contribution in [3.63, 3.8) is 0 Å². The number of carbonyl (C=O) groups excluding carboxylic acids is 1. The van der Waals surface area contributed by atoms with Gasteiger partial charge in [-0.05, 0) is 62.2 Å². The Hall–Kier alpha value is -3.95. The molecule has 2 N–H and O–H groups in total. The summed E-state index contributed by atoms with van der Waals surface area (Å²) in [5, 5.41) is 0.446. The van der Waals surface area contributed by atoms with Crippen molar-refractivity contribution in [1.29, 1.82) is 0 Å². The number of nitrogens with one attached hydrogen (secondary N) is 2. The minimum absolute atomic E-state index is 0.114. The molecule has 0 spiro atoms. The van der Waals surface area contributed by atoms with Gasteiger partial charge in [0.05, 0.1) is 5.69 Å². The summed E-state index contributed by atoms with van der Waals surface area (Å²) < 4.78 is 33.6. The maximum atomic E-state index is 13.1. The van der Waals surface area contributed by atoms with Gasteiger partial charge in [-0.2, -0.15) is 0 Å². The number of halogens is 1. The molecule has 36 heavy (non-hydrogen) atoms. The van der Waals surface area contributed by atoms with Gasteiger partial charge in [-0.1, -0.05) is 47.5 Å². The summed E-state index contributed by atoms with van der Waals surface area (Å²) in [7, 11) is -4.47. The standard InChI is InChI=1S/C26H22ClN3O5S/c1-15-13-16(2)23(17(3)14-15)35-26-19(10-11-21(29-26)18-7-4-5-8-20(18)27)24(31)30-36(33,34)22-9-6-12-28-25(22)32/h4-14H,1-3H3,(H,28,32)(H,30,31). The fourth-order valence-electron chi connectivity index (χ4n) is 3.78. The fourth-order valence-corrected chi connectivity index (χ4v) is 5.04. The van der Waals surface area contributed by atoms with E-state index >= 15 is 0 Å². The van der Waals surface area contributed by atoms with Crippen molar-refractivity contribution in [2.24, 2.45) is 0 Å². The summed E-state index contributed by atoms with van der Waals surface area (Å²) in [6.45, 7) is 5.67. The van der Waals surface area contributed by atoms with Crippen molar-refractivity contribution in [1.82, 2.24) is 14.7 Å². The van der Waals surface area contributed by atoms with Crippen LogP contribution in [0.3, 0.4) is 0 Å². The Morgan fingerprint density at radius 1 is 1.00 bits per heavy atom. The van der Waals surface area contributed by atoms with Gasteiger partial charge in [0.1, 0.15) is 11.3 Å². The van der Waals surface area contributed by atoms with Crippen molar-refractivity contribution in [2.75, 3.05) is 0 Å². The molecule has 0 radical (unpaired) electrons. The first-order valence-corrected chi connectivity index (χ1v) is 12.7. The number of rotatable bonds is 6. The number of sulfonamides is 1. The largest absolute Gasteiger partial charge is 0.438 e. The third kappa shape index (κ3) is 5.17. The van der Waals surface area contributed by atoms with Gasteiger partial charge in [-0.15, -0.1) is 0 Å². The Kier molecular flexibility index (Phi) is 6.96. The number of pyridine rings is 2. The van der Waals surface area contributed by atoms with E-state index in [0.717, 1.165) is 22.8 Å². The predicted molar refractivity (Wildman–Crippen MR) is 137 cm³/mol. The van der Waals surface area contributed by atoms with Crippen LogP contribution in [-0.2, 0) is 10.0 Å². The Bertz CT molecular complexity index is 1620. The highest BCUT2D eigenvalue weighted by molar-refractivity contribution is 7.90. The number of hydrogen-bond donors (Lipinski definition) is 2. The van der Waals surface area contributed by atoms with Crippen LogP contribution >= 0.6 is 11.6 Å². The van der Waals surface area contributed by atoms with Crippen molar-refractivity contribution >= 4 is 27.5 Å². The molecule has 0 bridgehead atoms. The first-order chi connectivity index (χ1) is 17.1. The van der Waals surface area contributed by atoms with Crippen LogP contribution in [0.1, 0.15) is 27.0 Å². The Morgan fingerprint density at radius 3 is 2.36 bits per heavy atom. The number of aromatic amines is 1. The zero-order valence-corrected chi connectivity index (χ0v) is 21.2. The predicted octanol–water partition coefficient (Wildman–Crippen LogP) is 4.93. The summed E-state index contributed by atoms with van der Waals surface area (Å²) in [6.07, 6.45) is 1.29. The lowest BCUT2D eigenvalue weighted by atomic mass is 10.1. The van der Waals surface area contributed by atoms with Crippen molar-refractivity contribution in [3.05, 3.63) is 104 Å². The van der Waals surface area contributed by atoms with E-state index in [2.05, 4.69) is 9.97 Å². The van der Waals surface area contributed by atoms with Gasteiger partial charge in [0.25, 0.3) is 21.5 Å². The molecule has 0 saturated heterocycles. The lowest BCUT2D eigenvalue weighted by molar-refractivity contribution is 0.0978. The van der Waals surface area contributed by atoms with E-state index in [1.807, 2.05) is 37.6 Å². The maximum absolute atomic E-state index is 13.1. The molecule has 0 aliphatic carbocycles. The summed E-state index contributed by atoms with van der Waals surface area (Å²) in [4.78, 5) is 31.3. The van der Waals surface area contributed by atoms with Crippen LogP contribution in [0, 0.1) is 20.8 Å². The molecule has 2 aromatic carbocycles. The molecule has 1 amide bonds. The number of ether oxygens (including phenoxy) is 1. The fraction of sp³-hybridized carbons (Fsp3) is 0.115. The Balaban J connectivity index is 1.81. The highest BCUT2D eigenvalue weighted by atomic mass is 35.5. The lowest BCUT2D eigenvalue weighted by Gasteiger charge is -2.16. The monoisotopic (exact) mass is 523 g/mol. The molecule has 184 valence electrons. The van der Waals surface area contributed by atoms with Crippen molar-refractivity contribution in [3.8, 4) is 22.9 Å². The third-order valence-corrected chi connectivity index (χ3v) is 7.04. The second-order valence-corrected chi connectivity index (χ2v) is 10.2. The van der Waals surface area contributed by atoms with Crippen LogP contribution in [-0.4, -0.2) is 24.3 Å². The number of aromatic nitrogens is 2. The SMILES string of the molecule is Cc1cc(C)c(Oc2nc(-c3ccccc3Cl)ccc2C(=O)NS(=O)(=O)c2ccc[nH]c2=O)c(C)c1. The van der Waals surface area contributed by atoms with E-state index in [0.29, 0.717) is 22.0 Å². The molecule has 2 heterocycles. The molecule has 4 rings (SSSR count). The van der Waals surface area contributed by atoms with E-state index in [4.69, 9.17) is 16.3 Å². The van der Waals surface area contributed by atoms with Gasteiger partial charge in [-0.25, -0.2) is 18.1 Å². The highest BCUT2D eigenvalue weighted by Gasteiger charge is 2.25. The molecular weight excluding hydrogens is 502 g/mol. The highest BCUT2D eigenvalue weighted by Crippen LogP contribution is 2.34. The molecule has 8 nitrogen and oxygen atoms in total. The average Bonchev–Trinajstić information content (AvgIpc) is 2.81. The minimum Gasteiger partial charge on any atom is -0.438 e. The van der Waals surface area contributed by atoms with E-state index in [-0.39, 0.29) is 11.4 Å². The Morgan fingerprint density at radius 2 is 1.69 bits per heavy atom. The second-order valence-electron chi connectivity index (χ2n) is 8.16. The summed E-state index contributed by atoms with van der Waals surface area (Å²) in [5.41, 5.74) is 2.70. The summed E-state index contributed by atoms with van der Waals surface area (Å²) in [5.74, 6) is -0.633. The molecule has 0 aliphatic heterocycles. The van der Waals surface area contributed by atoms with Crippen LogP contribution in [0.4, 0.5) is 0 Å². The zero-order chi connectivity index (χ0) is 26.0. The topological polar surface area (TPSA) is 118 Å². The van der Waals surface area contributed by atoms with Crippen LogP contribution < -0.4 is 15.0 Å². The van der Waals surface area contributed by atoms with Gasteiger partial charge in [0.15, 0.2) is 4.90 Å². The van der Waals surface area contributed by atoms with Gasteiger partial charge >= 0.3 is 0 Å². The molecular formula is C26H22ClN3O5S. The second kappa shape index (κ2) is 9.96. The lowest BCUT2D eigenvalue weighted by Crippen LogP contribution is -2.34. The Labute approximate surface area is 213 Å². The number of hydrogen-bond acceptors (Lipinski definition) is 6. The molecule has 0 unspecified atom stereocenters. The molecule has 2 aromatic heterocycles. The van der Waals surface area contributed by atoms with Gasteiger partial charge in [-0.3, -0.25) is 9.59 Å². The van der Waals surface area contributed by atoms with E-state index in [9.17, 15) is 18.0 Å². The quantitative estimate of drug-likeness (QED) is 0.370. The first kappa shape index (κ1) is 25.2. The van der Waals surface area contributed by atoms with Crippen LogP contribution in [0.5, 0.6) is 11.6 Å².